The van der Waals surface area contributed by atoms with Crippen LogP contribution in [0.4, 0.5) is 0 Å². The van der Waals surface area contributed by atoms with Gasteiger partial charge >= 0.3 is 0 Å². The Morgan fingerprint density at radius 2 is 2.20 bits per heavy atom. The predicted molar refractivity (Wildman–Crippen MR) is 70.6 cm³/mol. The molecule has 0 spiro atoms. The van der Waals surface area contributed by atoms with E-state index in [-0.39, 0.29) is 0 Å². The molecule has 0 aliphatic rings. The molecule has 0 aliphatic heterocycles. The zero-order chi connectivity index (χ0) is 11.3. The van der Waals surface area contributed by atoms with E-state index in [0.29, 0.717) is 0 Å². The zero-order valence-electron chi connectivity index (χ0n) is 9.21. The SMILES string of the molecule is CN(C)CCn1ncc(Br)c1CCCBr. The Labute approximate surface area is 108 Å². The highest BCUT2D eigenvalue weighted by Crippen LogP contribution is 2.18. The van der Waals surface area contributed by atoms with Crippen molar-refractivity contribution in [1.29, 1.82) is 0 Å². The van der Waals surface area contributed by atoms with E-state index in [9.17, 15) is 0 Å². The molecule has 15 heavy (non-hydrogen) atoms. The van der Waals surface area contributed by atoms with E-state index < -0.39 is 0 Å². The van der Waals surface area contributed by atoms with Gasteiger partial charge in [-0.15, -0.1) is 0 Å². The first-order chi connectivity index (χ1) is 7.15. The number of alkyl halides is 1. The summed E-state index contributed by atoms with van der Waals surface area (Å²) in [5.41, 5.74) is 1.30. The molecule has 0 saturated carbocycles. The summed E-state index contributed by atoms with van der Waals surface area (Å²) in [5.74, 6) is 0. The van der Waals surface area contributed by atoms with E-state index in [0.717, 1.165) is 35.7 Å². The van der Waals surface area contributed by atoms with E-state index in [1.165, 1.54) is 5.69 Å². The lowest BCUT2D eigenvalue weighted by Crippen LogP contribution is -2.20. The Balaban J connectivity index is 2.61. The minimum absolute atomic E-state index is 0.955. The van der Waals surface area contributed by atoms with Crippen LogP contribution in [0.3, 0.4) is 0 Å². The second-order valence-electron chi connectivity index (χ2n) is 3.76. The molecule has 3 nitrogen and oxygen atoms in total. The summed E-state index contributed by atoms with van der Waals surface area (Å²) in [4.78, 5) is 2.17. The number of aromatic nitrogens is 2. The lowest BCUT2D eigenvalue weighted by Gasteiger charge is -2.11. The average Bonchev–Trinajstić information content (AvgIpc) is 2.53. The average molecular weight is 339 g/mol. The third-order valence-electron chi connectivity index (χ3n) is 2.20. The molecular weight excluding hydrogens is 322 g/mol. The molecule has 1 aromatic rings. The molecule has 0 fully saturated rings. The van der Waals surface area contributed by atoms with Crippen LogP contribution >= 0.6 is 31.9 Å². The Morgan fingerprint density at radius 1 is 1.47 bits per heavy atom. The molecule has 0 saturated heterocycles. The van der Waals surface area contributed by atoms with Gasteiger partial charge in [-0.3, -0.25) is 4.68 Å². The van der Waals surface area contributed by atoms with Gasteiger partial charge in [0.2, 0.25) is 0 Å². The highest BCUT2D eigenvalue weighted by molar-refractivity contribution is 9.10. The largest absolute Gasteiger partial charge is 0.308 e. The molecule has 0 aromatic carbocycles. The molecule has 5 heteroatoms. The van der Waals surface area contributed by atoms with Crippen molar-refractivity contribution in [2.75, 3.05) is 26.0 Å². The topological polar surface area (TPSA) is 21.1 Å². The highest BCUT2D eigenvalue weighted by atomic mass is 79.9. The fourth-order valence-electron chi connectivity index (χ4n) is 1.36. The lowest BCUT2D eigenvalue weighted by atomic mass is 10.2. The fourth-order valence-corrected chi connectivity index (χ4v) is 2.13. The zero-order valence-corrected chi connectivity index (χ0v) is 12.4. The van der Waals surface area contributed by atoms with Gasteiger partial charge in [-0.05, 0) is 42.9 Å². The quantitative estimate of drug-likeness (QED) is 0.743. The van der Waals surface area contributed by atoms with E-state index in [2.05, 4.69) is 60.6 Å². The maximum atomic E-state index is 4.37. The van der Waals surface area contributed by atoms with Crippen LogP contribution in [0.1, 0.15) is 12.1 Å². The van der Waals surface area contributed by atoms with Crippen molar-refractivity contribution in [3.8, 4) is 0 Å². The Bertz CT molecular complexity index is 297. The molecule has 1 aromatic heterocycles. The standard InChI is InChI=1S/C10H17Br2N3/c1-14(2)6-7-15-10(4-3-5-11)9(12)8-13-15/h8H,3-7H2,1-2H3. The lowest BCUT2D eigenvalue weighted by molar-refractivity contribution is 0.369. The number of likely N-dealkylation sites (N-methyl/N-ethyl adjacent to an activating group) is 1. The van der Waals surface area contributed by atoms with Gasteiger partial charge in [-0.25, -0.2) is 0 Å². The van der Waals surface area contributed by atoms with Gasteiger partial charge in [-0.2, -0.15) is 5.10 Å². The molecule has 86 valence electrons. The Morgan fingerprint density at radius 3 is 2.80 bits per heavy atom. The number of halogens is 2. The second-order valence-corrected chi connectivity index (χ2v) is 5.41. The molecule has 0 N–H and O–H groups in total. The summed E-state index contributed by atoms with van der Waals surface area (Å²) in [5, 5.41) is 5.41. The molecule has 1 heterocycles. The predicted octanol–water partition coefficient (Wildman–Crippen LogP) is 2.53. The van der Waals surface area contributed by atoms with Gasteiger partial charge in [-0.1, -0.05) is 15.9 Å². The van der Waals surface area contributed by atoms with Gasteiger partial charge < -0.3 is 4.90 Å². The van der Waals surface area contributed by atoms with Gasteiger partial charge in [0.25, 0.3) is 0 Å². The van der Waals surface area contributed by atoms with E-state index >= 15 is 0 Å². The normalized spacial score (nSPS) is 11.3. The van der Waals surface area contributed by atoms with Crippen molar-refractivity contribution in [2.24, 2.45) is 0 Å². The van der Waals surface area contributed by atoms with Gasteiger partial charge in [0.05, 0.1) is 22.9 Å². The van der Waals surface area contributed by atoms with Crippen LogP contribution in [-0.4, -0.2) is 40.7 Å². The number of hydrogen-bond donors (Lipinski definition) is 0. The third kappa shape index (κ3) is 4.25. The first kappa shape index (κ1) is 13.2. The van der Waals surface area contributed by atoms with Gasteiger partial charge in [0.15, 0.2) is 0 Å². The Kier molecular flexibility index (Phi) is 5.86. The number of nitrogens with zero attached hydrogens (tertiary/aromatic N) is 3. The fraction of sp³-hybridized carbons (Fsp3) is 0.700. The Hall–Kier alpha value is 0.130. The van der Waals surface area contributed by atoms with Crippen molar-refractivity contribution in [3.05, 3.63) is 16.4 Å². The number of rotatable bonds is 6. The van der Waals surface area contributed by atoms with Crippen LogP contribution in [0.2, 0.25) is 0 Å². The van der Waals surface area contributed by atoms with Crippen LogP contribution in [-0.2, 0) is 13.0 Å². The summed E-state index contributed by atoms with van der Waals surface area (Å²) in [6, 6.07) is 0. The van der Waals surface area contributed by atoms with Crippen LogP contribution in [0.5, 0.6) is 0 Å². The second kappa shape index (κ2) is 6.66. The van der Waals surface area contributed by atoms with Crippen LogP contribution in [0.15, 0.2) is 10.7 Å². The summed E-state index contributed by atoms with van der Waals surface area (Å²) in [6.45, 7) is 1.98. The minimum Gasteiger partial charge on any atom is -0.308 e. The summed E-state index contributed by atoms with van der Waals surface area (Å²) in [6.07, 6.45) is 4.10. The van der Waals surface area contributed by atoms with E-state index in [4.69, 9.17) is 0 Å². The van der Waals surface area contributed by atoms with Crippen molar-refractivity contribution < 1.29 is 0 Å². The molecule has 1 rings (SSSR count). The third-order valence-corrected chi connectivity index (χ3v) is 3.43. The van der Waals surface area contributed by atoms with Crippen LogP contribution in [0.25, 0.3) is 0 Å². The van der Waals surface area contributed by atoms with Crippen LogP contribution < -0.4 is 0 Å². The number of hydrogen-bond acceptors (Lipinski definition) is 2. The van der Waals surface area contributed by atoms with Crippen molar-refractivity contribution in [3.63, 3.8) is 0 Å². The first-order valence-electron chi connectivity index (χ1n) is 5.06. The van der Waals surface area contributed by atoms with E-state index in [1.54, 1.807) is 0 Å². The van der Waals surface area contributed by atoms with Crippen LogP contribution in [0, 0.1) is 0 Å². The summed E-state index contributed by atoms with van der Waals surface area (Å²) in [7, 11) is 4.16. The van der Waals surface area contributed by atoms with Crippen molar-refractivity contribution >= 4 is 31.9 Å². The molecule has 0 atom stereocenters. The monoisotopic (exact) mass is 337 g/mol. The maximum Gasteiger partial charge on any atom is 0.0635 e. The van der Waals surface area contributed by atoms with Gasteiger partial charge in [0, 0.05) is 11.9 Å². The van der Waals surface area contributed by atoms with Crippen molar-refractivity contribution in [2.45, 2.75) is 19.4 Å². The molecule has 0 radical (unpaired) electrons. The molecular formula is C10H17Br2N3. The maximum absolute atomic E-state index is 4.37. The minimum atomic E-state index is 0.955. The highest BCUT2D eigenvalue weighted by Gasteiger charge is 2.07. The molecule has 0 aliphatic carbocycles. The molecule has 0 bridgehead atoms. The van der Waals surface area contributed by atoms with Crippen molar-refractivity contribution in [1.82, 2.24) is 14.7 Å². The van der Waals surface area contributed by atoms with E-state index in [1.807, 2.05) is 6.20 Å². The summed E-state index contributed by atoms with van der Waals surface area (Å²) >= 11 is 7.00. The molecule has 0 unspecified atom stereocenters. The van der Waals surface area contributed by atoms with Gasteiger partial charge in [0.1, 0.15) is 0 Å². The smallest absolute Gasteiger partial charge is 0.0635 e. The molecule has 0 amide bonds. The summed E-state index contributed by atoms with van der Waals surface area (Å²) < 4.78 is 3.22. The first-order valence-corrected chi connectivity index (χ1v) is 6.97.